The summed E-state index contributed by atoms with van der Waals surface area (Å²) in [6.07, 6.45) is 0. The van der Waals surface area contributed by atoms with E-state index in [1.54, 1.807) is 6.07 Å². The Morgan fingerprint density at radius 3 is 2.73 bits per heavy atom. The highest BCUT2D eigenvalue weighted by atomic mass is 79.9. The van der Waals surface area contributed by atoms with Gasteiger partial charge in [0.05, 0.1) is 12.2 Å². The van der Waals surface area contributed by atoms with E-state index in [1.807, 2.05) is 43.3 Å². The second-order valence-electron chi connectivity index (χ2n) is 5.28. The lowest BCUT2D eigenvalue weighted by Crippen LogP contribution is -2.47. The maximum absolute atomic E-state index is 13.0. The lowest BCUT2D eigenvalue weighted by atomic mass is 9.94. The Hall–Kier alpha value is -1.30. The van der Waals surface area contributed by atoms with Gasteiger partial charge in [0.15, 0.2) is 5.78 Å². The van der Waals surface area contributed by atoms with Crippen molar-refractivity contribution in [3.8, 4) is 5.75 Å². The van der Waals surface area contributed by atoms with E-state index >= 15 is 0 Å². The number of aliphatic hydroxyl groups is 1. The third-order valence-electron chi connectivity index (χ3n) is 3.69. The van der Waals surface area contributed by atoms with Crippen molar-refractivity contribution in [2.45, 2.75) is 16.6 Å². The van der Waals surface area contributed by atoms with Gasteiger partial charge < -0.3 is 9.84 Å². The third-order valence-corrected chi connectivity index (χ3v) is 5.88. The minimum Gasteiger partial charge on any atom is -0.491 e. The summed E-state index contributed by atoms with van der Waals surface area (Å²) in [5, 5.41) is 9.89. The van der Waals surface area contributed by atoms with Gasteiger partial charge >= 0.3 is 0 Å². The fourth-order valence-corrected chi connectivity index (χ4v) is 3.87. The first-order chi connectivity index (χ1) is 10.6. The molecule has 0 spiro atoms. The molecule has 5 heteroatoms. The molecule has 0 unspecified atom stereocenters. The Bertz CT molecular complexity index is 717. The van der Waals surface area contributed by atoms with Crippen molar-refractivity contribution in [1.29, 1.82) is 0 Å². The second-order valence-corrected chi connectivity index (χ2v) is 7.59. The largest absolute Gasteiger partial charge is 0.491 e. The molecule has 3 rings (SSSR count). The number of ether oxygens (including phenoxy) is 1. The van der Waals surface area contributed by atoms with Gasteiger partial charge in [0.2, 0.25) is 0 Å². The maximum Gasteiger partial charge on any atom is 0.188 e. The van der Waals surface area contributed by atoms with Crippen LogP contribution in [0.2, 0.25) is 0 Å². The van der Waals surface area contributed by atoms with E-state index in [0.29, 0.717) is 11.3 Å². The van der Waals surface area contributed by atoms with Gasteiger partial charge in [0, 0.05) is 9.37 Å². The zero-order valence-electron chi connectivity index (χ0n) is 12.0. The van der Waals surface area contributed by atoms with Crippen LogP contribution in [0.1, 0.15) is 15.9 Å². The molecule has 3 nitrogen and oxygen atoms in total. The monoisotopic (exact) mass is 378 g/mol. The maximum atomic E-state index is 13.0. The normalized spacial score (nSPS) is 20.4. The van der Waals surface area contributed by atoms with Gasteiger partial charge in [-0.2, -0.15) is 0 Å². The number of thioether (sulfide) groups is 1. The number of benzene rings is 2. The first-order valence-corrected chi connectivity index (χ1v) is 8.49. The zero-order chi connectivity index (χ0) is 15.7. The molecule has 1 N–H and O–H groups in total. The Kier molecular flexibility index (Phi) is 4.30. The summed E-state index contributed by atoms with van der Waals surface area (Å²) in [6.45, 7) is 1.84. The predicted octanol–water partition coefficient (Wildman–Crippen LogP) is 3.86. The highest BCUT2D eigenvalue weighted by Crippen LogP contribution is 2.42. The molecule has 0 amide bonds. The van der Waals surface area contributed by atoms with Gasteiger partial charge in [0.1, 0.15) is 17.1 Å². The molecule has 1 heterocycles. The molecule has 0 fully saturated rings. The molecule has 22 heavy (non-hydrogen) atoms. The smallest absolute Gasteiger partial charge is 0.188 e. The topological polar surface area (TPSA) is 46.5 Å². The second kappa shape index (κ2) is 6.07. The first-order valence-electron chi connectivity index (χ1n) is 6.88. The molecule has 1 aliphatic rings. The number of carbonyl (C=O) groups excluding carboxylic acids is 1. The summed E-state index contributed by atoms with van der Waals surface area (Å²) in [5.41, 5.74) is 1.53. The van der Waals surface area contributed by atoms with Gasteiger partial charge in [-0.05, 0) is 36.8 Å². The molecule has 0 saturated carbocycles. The molecule has 1 atom stereocenters. The summed E-state index contributed by atoms with van der Waals surface area (Å²) in [4.78, 5) is 13.9. The van der Waals surface area contributed by atoms with Crippen LogP contribution >= 0.6 is 27.7 Å². The molecule has 0 radical (unpaired) electrons. The van der Waals surface area contributed by atoms with Crippen molar-refractivity contribution in [2.75, 3.05) is 13.2 Å². The lowest BCUT2D eigenvalue weighted by Gasteiger charge is -2.34. The van der Waals surface area contributed by atoms with Gasteiger partial charge in [0.25, 0.3) is 0 Å². The molecular weight excluding hydrogens is 364 g/mol. The quantitative estimate of drug-likeness (QED) is 0.880. The van der Waals surface area contributed by atoms with Crippen LogP contribution in [0.5, 0.6) is 5.75 Å². The highest BCUT2D eigenvalue weighted by Gasteiger charge is 2.45. The number of Topliss-reactive ketones (excluding diaryl/α,β-unsaturated/α-hetero) is 1. The molecule has 114 valence electrons. The fraction of sp³-hybridized carbons (Fsp3) is 0.235. The highest BCUT2D eigenvalue weighted by molar-refractivity contribution is 9.10. The molecule has 0 aliphatic carbocycles. The van der Waals surface area contributed by atoms with Crippen molar-refractivity contribution in [3.05, 3.63) is 58.1 Å². The average molecular weight is 379 g/mol. The molecular formula is C17H15BrO3S. The molecule has 0 bridgehead atoms. The molecule has 0 saturated heterocycles. The Morgan fingerprint density at radius 2 is 2.05 bits per heavy atom. The van der Waals surface area contributed by atoms with Crippen LogP contribution in [0.3, 0.4) is 0 Å². The number of fused-ring (bicyclic) bond motifs is 1. The van der Waals surface area contributed by atoms with E-state index in [9.17, 15) is 9.90 Å². The number of hydrogen-bond acceptors (Lipinski definition) is 4. The number of rotatable bonds is 3. The van der Waals surface area contributed by atoms with E-state index in [4.69, 9.17) is 4.74 Å². The van der Waals surface area contributed by atoms with Crippen LogP contribution in [0.15, 0.2) is 51.8 Å². The third kappa shape index (κ3) is 2.69. The number of carbonyl (C=O) groups is 1. The van der Waals surface area contributed by atoms with Crippen LogP contribution in [0.4, 0.5) is 0 Å². The SMILES string of the molecule is Cc1cc2c(cc1Br)C(=O)[C@](CO)(Sc1ccccc1)CO2. The fourth-order valence-electron chi connectivity index (χ4n) is 2.40. The van der Waals surface area contributed by atoms with Crippen LogP contribution in [-0.2, 0) is 0 Å². The number of aliphatic hydroxyl groups excluding tert-OH is 1. The van der Waals surface area contributed by atoms with Crippen molar-refractivity contribution < 1.29 is 14.6 Å². The van der Waals surface area contributed by atoms with E-state index in [1.165, 1.54) is 11.8 Å². The number of aryl methyl sites for hydroxylation is 1. The Morgan fingerprint density at radius 1 is 1.32 bits per heavy atom. The van der Waals surface area contributed by atoms with Crippen LogP contribution < -0.4 is 4.74 Å². The molecule has 2 aromatic carbocycles. The van der Waals surface area contributed by atoms with Crippen molar-refractivity contribution in [3.63, 3.8) is 0 Å². The number of ketones is 1. The summed E-state index contributed by atoms with van der Waals surface area (Å²) < 4.78 is 5.65. The summed E-state index contributed by atoms with van der Waals surface area (Å²) in [6, 6.07) is 13.2. The van der Waals surface area contributed by atoms with Gasteiger partial charge in [-0.1, -0.05) is 34.1 Å². The predicted molar refractivity (Wildman–Crippen MR) is 90.8 cm³/mol. The minimum absolute atomic E-state index is 0.0918. The number of halogens is 1. The van der Waals surface area contributed by atoms with Crippen LogP contribution in [-0.4, -0.2) is 28.9 Å². The van der Waals surface area contributed by atoms with Crippen molar-refractivity contribution >= 4 is 33.5 Å². The lowest BCUT2D eigenvalue weighted by molar-refractivity contribution is 0.0797. The molecule has 2 aromatic rings. The summed E-state index contributed by atoms with van der Waals surface area (Å²) >= 11 is 4.80. The summed E-state index contributed by atoms with van der Waals surface area (Å²) in [7, 11) is 0. The van der Waals surface area contributed by atoms with E-state index < -0.39 is 4.75 Å². The number of hydrogen-bond donors (Lipinski definition) is 1. The first kappa shape index (κ1) is 15.6. The van der Waals surface area contributed by atoms with Crippen LogP contribution in [0, 0.1) is 6.92 Å². The average Bonchev–Trinajstić information content (AvgIpc) is 2.53. The van der Waals surface area contributed by atoms with Gasteiger partial charge in [-0.25, -0.2) is 0 Å². The van der Waals surface area contributed by atoms with Gasteiger partial charge in [-0.15, -0.1) is 11.8 Å². The van der Waals surface area contributed by atoms with E-state index in [2.05, 4.69) is 15.9 Å². The molecule has 0 aromatic heterocycles. The van der Waals surface area contributed by atoms with Gasteiger partial charge in [-0.3, -0.25) is 4.79 Å². The van der Waals surface area contributed by atoms with E-state index in [0.717, 1.165) is 14.9 Å². The minimum atomic E-state index is -0.997. The zero-order valence-corrected chi connectivity index (χ0v) is 14.4. The summed E-state index contributed by atoms with van der Waals surface area (Å²) in [5.74, 6) is 0.495. The standard InChI is InChI=1S/C17H15BrO3S/c1-11-7-15-13(8-14(11)18)16(20)17(9-19,10-21-15)22-12-5-3-2-4-6-12/h2-8,19H,9-10H2,1H3/t17-/m1/s1. The van der Waals surface area contributed by atoms with E-state index in [-0.39, 0.29) is 19.0 Å². The molecule has 1 aliphatic heterocycles. The van der Waals surface area contributed by atoms with Crippen molar-refractivity contribution in [1.82, 2.24) is 0 Å². The van der Waals surface area contributed by atoms with Crippen LogP contribution in [0.25, 0.3) is 0 Å². The Balaban J connectivity index is 2.00. The van der Waals surface area contributed by atoms with Crippen molar-refractivity contribution in [2.24, 2.45) is 0 Å². The Labute approximate surface area is 141 Å².